The van der Waals surface area contributed by atoms with Crippen molar-refractivity contribution < 1.29 is 18.7 Å². The van der Waals surface area contributed by atoms with E-state index < -0.39 is 29.7 Å². The number of benzene rings is 1. The molecule has 4 nitrogen and oxygen atoms in total. The Morgan fingerprint density at radius 1 is 1.53 bits per heavy atom. The first-order chi connectivity index (χ1) is 7.91. The maximum atomic E-state index is 13.3. The van der Waals surface area contributed by atoms with Gasteiger partial charge in [-0.1, -0.05) is 6.07 Å². The molecule has 0 spiro atoms. The van der Waals surface area contributed by atoms with Crippen LogP contribution in [0.3, 0.4) is 0 Å². The highest BCUT2D eigenvalue weighted by Gasteiger charge is 2.15. The van der Waals surface area contributed by atoms with E-state index in [2.05, 4.69) is 5.32 Å². The third-order valence-corrected chi connectivity index (χ3v) is 2.37. The number of rotatable bonds is 5. The zero-order valence-corrected chi connectivity index (χ0v) is 9.28. The molecule has 0 radical (unpaired) electrons. The maximum absolute atomic E-state index is 13.3. The fourth-order valence-corrected chi connectivity index (χ4v) is 1.35. The smallest absolute Gasteiger partial charge is 0.247 e. The molecule has 0 aliphatic heterocycles. The fraction of sp³-hybridized carbons (Fsp3) is 0.364. The monoisotopic (exact) mass is 244 g/mol. The van der Waals surface area contributed by atoms with Crippen molar-refractivity contribution in [3.63, 3.8) is 0 Å². The van der Waals surface area contributed by atoms with Crippen LogP contribution < -0.4 is 11.1 Å². The van der Waals surface area contributed by atoms with Gasteiger partial charge in [0.05, 0.1) is 0 Å². The molecule has 4 N–H and O–H groups in total. The number of nitrogens with one attached hydrogen (secondary N) is 1. The van der Waals surface area contributed by atoms with Gasteiger partial charge in [0.25, 0.3) is 0 Å². The zero-order chi connectivity index (χ0) is 13.0. The number of aliphatic hydroxyl groups is 1. The average Bonchev–Trinajstić information content (AvgIpc) is 2.25. The van der Waals surface area contributed by atoms with Crippen molar-refractivity contribution in [2.75, 3.05) is 6.54 Å². The van der Waals surface area contributed by atoms with Crippen LogP contribution in [-0.4, -0.2) is 23.7 Å². The molecule has 0 heterocycles. The summed E-state index contributed by atoms with van der Waals surface area (Å²) in [6, 6.07) is 2.75. The fourth-order valence-electron chi connectivity index (χ4n) is 1.35. The highest BCUT2D eigenvalue weighted by Crippen LogP contribution is 2.17. The van der Waals surface area contributed by atoms with Crippen molar-refractivity contribution in [3.05, 3.63) is 35.4 Å². The molecule has 1 aromatic rings. The van der Waals surface area contributed by atoms with Crippen molar-refractivity contribution in [3.8, 4) is 0 Å². The first-order valence-electron chi connectivity index (χ1n) is 5.07. The Morgan fingerprint density at radius 3 is 2.71 bits per heavy atom. The Balaban J connectivity index is 2.64. The topological polar surface area (TPSA) is 75.3 Å². The van der Waals surface area contributed by atoms with Gasteiger partial charge in [-0.15, -0.1) is 0 Å². The van der Waals surface area contributed by atoms with E-state index >= 15 is 0 Å². The van der Waals surface area contributed by atoms with E-state index in [1.165, 1.54) is 6.07 Å². The first kappa shape index (κ1) is 13.5. The summed E-state index contributed by atoms with van der Waals surface area (Å²) in [7, 11) is 0. The summed E-state index contributed by atoms with van der Waals surface area (Å²) < 4.78 is 26.0. The normalized spacial score (nSPS) is 14.4. The largest absolute Gasteiger partial charge is 0.382 e. The van der Waals surface area contributed by atoms with E-state index in [-0.39, 0.29) is 12.1 Å². The number of halogens is 2. The number of carbonyl (C=O) groups excluding carboxylic acids is 1. The summed E-state index contributed by atoms with van der Waals surface area (Å²) in [6.07, 6.45) is -1.33. The van der Waals surface area contributed by atoms with Crippen LogP contribution in [0.2, 0.25) is 0 Å². The van der Waals surface area contributed by atoms with Crippen molar-refractivity contribution >= 4 is 5.91 Å². The van der Waals surface area contributed by atoms with E-state index in [9.17, 15) is 13.6 Å². The lowest BCUT2D eigenvalue weighted by Gasteiger charge is -2.16. The Morgan fingerprint density at radius 2 is 2.18 bits per heavy atom. The number of hydrogen-bond acceptors (Lipinski definition) is 3. The van der Waals surface area contributed by atoms with Crippen LogP contribution in [0.15, 0.2) is 18.2 Å². The van der Waals surface area contributed by atoms with Crippen molar-refractivity contribution in [1.82, 2.24) is 5.32 Å². The number of aliphatic hydroxyl groups excluding tert-OH is 1. The molecule has 2 atom stereocenters. The van der Waals surface area contributed by atoms with Crippen LogP contribution >= 0.6 is 0 Å². The Bertz CT molecular complexity index is 412. The number of primary amides is 1. The second kappa shape index (κ2) is 5.70. The molecule has 0 bridgehead atoms. The van der Waals surface area contributed by atoms with Crippen LogP contribution in [0.4, 0.5) is 8.78 Å². The van der Waals surface area contributed by atoms with Gasteiger partial charge in [0, 0.05) is 24.2 Å². The molecular formula is C11H14F2N2O2. The van der Waals surface area contributed by atoms with Crippen LogP contribution in [-0.2, 0) is 4.79 Å². The highest BCUT2D eigenvalue weighted by atomic mass is 19.1. The van der Waals surface area contributed by atoms with Gasteiger partial charge in [0.1, 0.15) is 17.7 Å². The molecule has 2 unspecified atom stereocenters. The summed E-state index contributed by atoms with van der Waals surface area (Å²) in [5.74, 6) is -2.20. The number of amides is 1. The molecular weight excluding hydrogens is 230 g/mol. The van der Waals surface area contributed by atoms with Crippen molar-refractivity contribution in [2.45, 2.75) is 19.1 Å². The molecule has 0 fully saturated rings. The second-order valence-corrected chi connectivity index (χ2v) is 3.71. The Kier molecular flexibility index (Phi) is 4.53. The van der Waals surface area contributed by atoms with E-state index in [0.29, 0.717) is 0 Å². The summed E-state index contributed by atoms with van der Waals surface area (Å²) in [5, 5.41) is 11.9. The molecule has 94 valence electrons. The van der Waals surface area contributed by atoms with Crippen LogP contribution in [0.5, 0.6) is 0 Å². The van der Waals surface area contributed by atoms with Gasteiger partial charge in [-0.05, 0) is 13.0 Å². The quantitative estimate of drug-likeness (QED) is 0.704. The lowest BCUT2D eigenvalue weighted by Crippen LogP contribution is -2.38. The van der Waals surface area contributed by atoms with Gasteiger partial charge in [0.15, 0.2) is 0 Å². The van der Waals surface area contributed by atoms with E-state index in [1.54, 1.807) is 6.92 Å². The summed E-state index contributed by atoms with van der Waals surface area (Å²) in [4.78, 5) is 10.6. The Labute approximate surface area is 97.4 Å². The molecule has 0 aliphatic carbocycles. The molecule has 0 saturated carbocycles. The number of carbonyl (C=O) groups is 1. The van der Waals surface area contributed by atoms with Crippen molar-refractivity contribution in [2.24, 2.45) is 5.73 Å². The first-order valence-corrected chi connectivity index (χ1v) is 5.07. The van der Waals surface area contributed by atoms with Gasteiger partial charge in [-0.3, -0.25) is 4.79 Å². The summed E-state index contributed by atoms with van der Waals surface area (Å²) >= 11 is 0. The average molecular weight is 244 g/mol. The molecule has 1 rings (SSSR count). The SMILES string of the molecule is CC(NCC(O)C(N)=O)c1ccc(F)cc1F. The third kappa shape index (κ3) is 3.76. The minimum Gasteiger partial charge on any atom is -0.382 e. The van der Waals surface area contributed by atoms with Crippen LogP contribution in [0.1, 0.15) is 18.5 Å². The van der Waals surface area contributed by atoms with Gasteiger partial charge in [-0.2, -0.15) is 0 Å². The van der Waals surface area contributed by atoms with E-state index in [4.69, 9.17) is 10.8 Å². The highest BCUT2D eigenvalue weighted by molar-refractivity contribution is 5.78. The van der Waals surface area contributed by atoms with Crippen molar-refractivity contribution in [1.29, 1.82) is 0 Å². The maximum Gasteiger partial charge on any atom is 0.247 e. The molecule has 0 saturated heterocycles. The minimum atomic E-state index is -1.33. The molecule has 17 heavy (non-hydrogen) atoms. The third-order valence-electron chi connectivity index (χ3n) is 2.37. The molecule has 0 aromatic heterocycles. The predicted octanol–water partition coefficient (Wildman–Crippen LogP) is 0.462. The summed E-state index contributed by atoms with van der Waals surface area (Å²) in [5.41, 5.74) is 5.11. The molecule has 1 amide bonds. The molecule has 0 aliphatic rings. The van der Waals surface area contributed by atoms with E-state index in [1.807, 2.05) is 0 Å². The minimum absolute atomic E-state index is 0.0900. The number of hydrogen-bond donors (Lipinski definition) is 3. The lowest BCUT2D eigenvalue weighted by molar-refractivity contribution is -0.125. The number of nitrogens with two attached hydrogens (primary N) is 1. The van der Waals surface area contributed by atoms with Gasteiger partial charge >= 0.3 is 0 Å². The summed E-state index contributed by atoms with van der Waals surface area (Å²) in [6.45, 7) is 1.54. The Hall–Kier alpha value is -1.53. The standard InChI is InChI=1S/C11H14F2N2O2/c1-6(15-5-10(16)11(14)17)8-3-2-7(12)4-9(8)13/h2-4,6,10,15-16H,5H2,1H3,(H2,14,17). The lowest BCUT2D eigenvalue weighted by atomic mass is 10.1. The second-order valence-electron chi connectivity index (χ2n) is 3.71. The van der Waals surface area contributed by atoms with Gasteiger partial charge in [0.2, 0.25) is 5.91 Å². The van der Waals surface area contributed by atoms with Gasteiger partial charge < -0.3 is 16.2 Å². The van der Waals surface area contributed by atoms with Gasteiger partial charge in [-0.25, -0.2) is 8.78 Å². The molecule has 6 heteroatoms. The zero-order valence-electron chi connectivity index (χ0n) is 9.28. The molecule has 1 aromatic carbocycles. The predicted molar refractivity (Wildman–Crippen MR) is 58.0 cm³/mol. The van der Waals surface area contributed by atoms with Crippen LogP contribution in [0.25, 0.3) is 0 Å². The van der Waals surface area contributed by atoms with Crippen LogP contribution in [0, 0.1) is 11.6 Å². The van der Waals surface area contributed by atoms with E-state index in [0.717, 1.165) is 12.1 Å².